The maximum absolute atomic E-state index is 12.7. The maximum atomic E-state index is 12.7. The molecule has 0 spiro atoms. The maximum Gasteiger partial charge on any atom is 0.234 e. The molecular formula is C26H24Cl2N4O2S. The molecule has 0 aliphatic carbocycles. The van der Waals surface area contributed by atoms with Crippen LogP contribution >= 0.6 is 35.0 Å². The SMILES string of the molecule is C=CCn1c(CCCOc2ccc(Cl)cc2Cl)nnc1SCC(=O)Nc1cccc2ccccc12. The Labute approximate surface area is 218 Å². The van der Waals surface area contributed by atoms with Crippen molar-refractivity contribution in [3.63, 3.8) is 0 Å². The summed E-state index contributed by atoms with van der Waals surface area (Å²) in [6.07, 6.45) is 3.17. The highest BCUT2D eigenvalue weighted by Gasteiger charge is 2.14. The molecule has 0 unspecified atom stereocenters. The van der Waals surface area contributed by atoms with Crippen LogP contribution < -0.4 is 10.1 Å². The van der Waals surface area contributed by atoms with Gasteiger partial charge >= 0.3 is 0 Å². The van der Waals surface area contributed by atoms with Crippen molar-refractivity contribution in [2.45, 2.75) is 24.5 Å². The number of ether oxygens (including phenoxy) is 1. The average Bonchev–Trinajstić information content (AvgIpc) is 3.23. The number of allylic oxidation sites excluding steroid dienone is 1. The van der Waals surface area contributed by atoms with Gasteiger partial charge in [0.15, 0.2) is 5.16 Å². The summed E-state index contributed by atoms with van der Waals surface area (Å²) in [5.41, 5.74) is 0.794. The van der Waals surface area contributed by atoms with Gasteiger partial charge in [-0.2, -0.15) is 0 Å². The fraction of sp³-hybridized carbons (Fsp3) is 0.192. The van der Waals surface area contributed by atoms with Gasteiger partial charge in [-0.1, -0.05) is 77.4 Å². The lowest BCUT2D eigenvalue weighted by atomic mass is 10.1. The molecule has 35 heavy (non-hydrogen) atoms. The lowest BCUT2D eigenvalue weighted by Crippen LogP contribution is -2.15. The van der Waals surface area contributed by atoms with Crippen LogP contribution in [-0.4, -0.2) is 33.0 Å². The van der Waals surface area contributed by atoms with Gasteiger partial charge in [-0.05, 0) is 36.1 Å². The van der Waals surface area contributed by atoms with E-state index in [-0.39, 0.29) is 11.7 Å². The quantitative estimate of drug-likeness (QED) is 0.134. The molecular weight excluding hydrogens is 503 g/mol. The van der Waals surface area contributed by atoms with Gasteiger partial charge in [0.25, 0.3) is 0 Å². The zero-order valence-electron chi connectivity index (χ0n) is 18.9. The average molecular weight is 527 g/mol. The number of aryl methyl sites for hydroxylation is 1. The molecule has 1 heterocycles. The van der Waals surface area contributed by atoms with E-state index in [0.717, 1.165) is 28.7 Å². The molecule has 180 valence electrons. The molecule has 0 aliphatic heterocycles. The van der Waals surface area contributed by atoms with E-state index in [0.29, 0.717) is 40.5 Å². The van der Waals surface area contributed by atoms with Crippen LogP contribution in [0.1, 0.15) is 12.2 Å². The summed E-state index contributed by atoms with van der Waals surface area (Å²) in [5.74, 6) is 1.52. The number of nitrogens with one attached hydrogen (secondary N) is 1. The fourth-order valence-electron chi connectivity index (χ4n) is 3.58. The second-order valence-corrected chi connectivity index (χ2v) is 9.47. The Morgan fingerprint density at radius 1 is 1.11 bits per heavy atom. The Morgan fingerprint density at radius 3 is 2.77 bits per heavy atom. The minimum Gasteiger partial charge on any atom is -0.492 e. The van der Waals surface area contributed by atoms with Crippen molar-refractivity contribution >= 4 is 57.3 Å². The molecule has 0 saturated heterocycles. The number of hydrogen-bond donors (Lipinski definition) is 1. The molecule has 0 atom stereocenters. The molecule has 1 N–H and O–H groups in total. The monoisotopic (exact) mass is 526 g/mol. The van der Waals surface area contributed by atoms with Gasteiger partial charge in [-0.25, -0.2) is 0 Å². The molecule has 0 saturated carbocycles. The van der Waals surface area contributed by atoms with E-state index in [1.54, 1.807) is 24.3 Å². The molecule has 0 aliphatic rings. The van der Waals surface area contributed by atoms with Crippen LogP contribution in [0.2, 0.25) is 10.0 Å². The smallest absolute Gasteiger partial charge is 0.234 e. The van der Waals surface area contributed by atoms with Crippen LogP contribution in [0, 0.1) is 0 Å². The topological polar surface area (TPSA) is 69.0 Å². The summed E-state index contributed by atoms with van der Waals surface area (Å²) in [6, 6.07) is 19.0. The fourth-order valence-corrected chi connectivity index (χ4v) is 4.81. The normalized spacial score (nSPS) is 10.9. The molecule has 0 bridgehead atoms. The minimum absolute atomic E-state index is 0.103. The van der Waals surface area contributed by atoms with Gasteiger partial charge in [0.05, 0.1) is 17.4 Å². The number of amides is 1. The first-order chi connectivity index (χ1) is 17.0. The Balaban J connectivity index is 1.33. The van der Waals surface area contributed by atoms with Crippen molar-refractivity contribution in [3.05, 3.63) is 89.2 Å². The minimum atomic E-state index is -0.103. The molecule has 3 aromatic carbocycles. The molecule has 1 amide bonds. The molecule has 4 aromatic rings. The van der Waals surface area contributed by atoms with E-state index in [1.807, 2.05) is 47.0 Å². The molecule has 1 aromatic heterocycles. The van der Waals surface area contributed by atoms with E-state index in [9.17, 15) is 4.79 Å². The van der Waals surface area contributed by atoms with Crippen molar-refractivity contribution in [2.24, 2.45) is 0 Å². The van der Waals surface area contributed by atoms with Crippen LogP contribution in [0.3, 0.4) is 0 Å². The Morgan fingerprint density at radius 2 is 1.94 bits per heavy atom. The van der Waals surface area contributed by atoms with Gasteiger partial charge < -0.3 is 14.6 Å². The van der Waals surface area contributed by atoms with Gasteiger partial charge in [-0.3, -0.25) is 4.79 Å². The second kappa shape index (κ2) is 12.1. The number of fused-ring (bicyclic) bond motifs is 1. The van der Waals surface area contributed by atoms with Gasteiger partial charge in [-0.15, -0.1) is 16.8 Å². The number of anilines is 1. The third-order valence-electron chi connectivity index (χ3n) is 5.20. The van der Waals surface area contributed by atoms with E-state index in [4.69, 9.17) is 27.9 Å². The predicted octanol–water partition coefficient (Wildman–Crippen LogP) is 6.67. The summed E-state index contributed by atoms with van der Waals surface area (Å²) < 4.78 is 7.73. The van der Waals surface area contributed by atoms with Crippen molar-refractivity contribution < 1.29 is 9.53 Å². The third-order valence-corrected chi connectivity index (χ3v) is 6.69. The third kappa shape index (κ3) is 6.57. The standard InChI is InChI=1S/C26H24Cl2N4O2S/c1-2-14-32-24(11-6-15-34-23-13-12-19(27)16-21(23)28)30-31-26(32)35-17-25(33)29-22-10-5-8-18-7-3-4-9-20(18)22/h2-5,7-10,12-13,16H,1,6,11,14-15,17H2,(H,29,33). The zero-order valence-corrected chi connectivity index (χ0v) is 21.2. The highest BCUT2D eigenvalue weighted by Crippen LogP contribution is 2.28. The summed E-state index contributed by atoms with van der Waals surface area (Å²) in [5, 5.41) is 15.4. The van der Waals surface area contributed by atoms with E-state index < -0.39 is 0 Å². The predicted molar refractivity (Wildman–Crippen MR) is 144 cm³/mol. The van der Waals surface area contributed by atoms with Crippen LogP contribution in [0.25, 0.3) is 10.8 Å². The van der Waals surface area contributed by atoms with Crippen LogP contribution in [0.5, 0.6) is 5.75 Å². The van der Waals surface area contributed by atoms with Gasteiger partial charge in [0.2, 0.25) is 5.91 Å². The van der Waals surface area contributed by atoms with E-state index in [1.165, 1.54) is 11.8 Å². The van der Waals surface area contributed by atoms with Crippen molar-refractivity contribution in [3.8, 4) is 5.75 Å². The second-order valence-electron chi connectivity index (χ2n) is 7.69. The highest BCUT2D eigenvalue weighted by atomic mass is 35.5. The van der Waals surface area contributed by atoms with Crippen LogP contribution in [-0.2, 0) is 17.8 Å². The summed E-state index contributed by atoms with van der Waals surface area (Å²) in [6.45, 7) is 4.86. The van der Waals surface area contributed by atoms with Crippen molar-refractivity contribution in [1.82, 2.24) is 14.8 Å². The number of benzene rings is 3. The lowest BCUT2D eigenvalue weighted by Gasteiger charge is -2.10. The van der Waals surface area contributed by atoms with Crippen molar-refractivity contribution in [1.29, 1.82) is 0 Å². The zero-order chi connectivity index (χ0) is 24.6. The highest BCUT2D eigenvalue weighted by molar-refractivity contribution is 7.99. The van der Waals surface area contributed by atoms with Crippen molar-refractivity contribution in [2.75, 3.05) is 17.7 Å². The number of carbonyl (C=O) groups is 1. The van der Waals surface area contributed by atoms with E-state index in [2.05, 4.69) is 22.1 Å². The molecule has 9 heteroatoms. The first-order valence-electron chi connectivity index (χ1n) is 11.1. The van der Waals surface area contributed by atoms with Crippen LogP contribution in [0.4, 0.5) is 5.69 Å². The number of carbonyl (C=O) groups excluding carboxylic acids is 1. The Hall–Kier alpha value is -3.00. The lowest BCUT2D eigenvalue weighted by molar-refractivity contribution is -0.113. The molecule has 0 fully saturated rings. The Kier molecular flexibility index (Phi) is 8.69. The first-order valence-corrected chi connectivity index (χ1v) is 12.8. The molecule has 6 nitrogen and oxygen atoms in total. The van der Waals surface area contributed by atoms with Gasteiger partial charge in [0, 0.05) is 29.1 Å². The molecule has 0 radical (unpaired) electrons. The molecule has 4 rings (SSSR count). The number of halogens is 2. The number of thioether (sulfide) groups is 1. The van der Waals surface area contributed by atoms with Crippen LogP contribution in [0.15, 0.2) is 78.5 Å². The number of hydrogen-bond acceptors (Lipinski definition) is 5. The number of rotatable bonds is 11. The number of nitrogens with zero attached hydrogens (tertiary/aromatic N) is 3. The van der Waals surface area contributed by atoms with Gasteiger partial charge in [0.1, 0.15) is 11.6 Å². The summed E-state index contributed by atoms with van der Waals surface area (Å²) >= 11 is 13.4. The largest absolute Gasteiger partial charge is 0.492 e. The summed E-state index contributed by atoms with van der Waals surface area (Å²) in [7, 11) is 0. The van der Waals surface area contributed by atoms with E-state index >= 15 is 0 Å². The first kappa shape index (κ1) is 25.1. The summed E-state index contributed by atoms with van der Waals surface area (Å²) in [4.78, 5) is 12.7. The number of aromatic nitrogens is 3. The Bertz CT molecular complexity index is 1340.